The van der Waals surface area contributed by atoms with Crippen molar-refractivity contribution >= 4 is 21.6 Å². The summed E-state index contributed by atoms with van der Waals surface area (Å²) in [6.45, 7) is 2.14. The fourth-order valence-electron chi connectivity index (χ4n) is 2.14. The Labute approximate surface area is 145 Å². The molecule has 2 aromatic carbocycles. The Morgan fingerprint density at radius 1 is 1.12 bits per heavy atom. The van der Waals surface area contributed by atoms with Crippen LogP contribution in [-0.2, 0) is 16.6 Å². The Morgan fingerprint density at radius 2 is 1.83 bits per heavy atom. The number of rotatable bonds is 5. The molecule has 1 aromatic heterocycles. The molecule has 0 saturated heterocycles. The van der Waals surface area contributed by atoms with Gasteiger partial charge in [-0.15, -0.1) is 0 Å². The third kappa shape index (κ3) is 3.67. The number of sulfonamides is 1. The first-order chi connectivity index (χ1) is 11.5. The Balaban J connectivity index is 1.78. The molecular formula is C17H15ClN2O3S. The highest BCUT2D eigenvalue weighted by Crippen LogP contribution is 2.28. The zero-order valence-corrected chi connectivity index (χ0v) is 14.4. The molecule has 124 valence electrons. The highest BCUT2D eigenvalue weighted by atomic mass is 35.5. The number of benzene rings is 2. The Kier molecular flexibility index (Phi) is 4.71. The summed E-state index contributed by atoms with van der Waals surface area (Å²) in [6, 6.07) is 16.0. The van der Waals surface area contributed by atoms with E-state index in [9.17, 15) is 8.42 Å². The van der Waals surface area contributed by atoms with Crippen molar-refractivity contribution in [3.05, 3.63) is 70.7 Å². The summed E-state index contributed by atoms with van der Waals surface area (Å²) in [5.41, 5.74) is 2.95. The molecule has 5 nitrogen and oxygen atoms in total. The van der Waals surface area contributed by atoms with E-state index in [4.69, 9.17) is 16.1 Å². The van der Waals surface area contributed by atoms with Crippen LogP contribution >= 0.6 is 11.6 Å². The van der Waals surface area contributed by atoms with Gasteiger partial charge >= 0.3 is 0 Å². The molecule has 0 spiro atoms. The fraction of sp³-hybridized carbons (Fsp3) is 0.118. The maximum atomic E-state index is 12.3. The van der Waals surface area contributed by atoms with E-state index < -0.39 is 10.0 Å². The van der Waals surface area contributed by atoms with Gasteiger partial charge in [-0.25, -0.2) is 13.1 Å². The van der Waals surface area contributed by atoms with Gasteiger partial charge in [-0.2, -0.15) is 0 Å². The molecule has 0 unspecified atom stereocenters. The summed E-state index contributed by atoms with van der Waals surface area (Å²) in [7, 11) is -3.79. The largest absolute Gasteiger partial charge is 0.343 e. The van der Waals surface area contributed by atoms with E-state index in [2.05, 4.69) is 9.88 Å². The van der Waals surface area contributed by atoms with E-state index in [1.807, 2.05) is 31.2 Å². The van der Waals surface area contributed by atoms with Gasteiger partial charge in [0.05, 0.1) is 5.02 Å². The fourth-order valence-corrected chi connectivity index (χ4v) is 3.27. The summed E-state index contributed by atoms with van der Waals surface area (Å²) in [6.07, 6.45) is 0. The molecule has 3 rings (SSSR count). The normalized spacial score (nSPS) is 11.6. The van der Waals surface area contributed by atoms with Crippen molar-refractivity contribution in [3.8, 4) is 11.3 Å². The maximum absolute atomic E-state index is 12.3. The first kappa shape index (κ1) is 16.7. The van der Waals surface area contributed by atoms with E-state index in [1.54, 1.807) is 24.3 Å². The predicted molar refractivity (Wildman–Crippen MR) is 92.2 cm³/mol. The minimum atomic E-state index is -3.79. The Bertz CT molecular complexity index is 950. The molecule has 0 aliphatic carbocycles. The lowest BCUT2D eigenvalue weighted by Gasteiger charge is -2.04. The SMILES string of the molecule is Cc1ccc(CNS(=O)(=O)c2cc(-c3ccccc3Cl)no2)cc1. The van der Waals surface area contributed by atoms with Crippen molar-refractivity contribution in [1.82, 2.24) is 9.88 Å². The van der Waals surface area contributed by atoms with Gasteiger partial charge in [0, 0.05) is 18.2 Å². The molecule has 3 aromatic rings. The van der Waals surface area contributed by atoms with Crippen molar-refractivity contribution in [2.75, 3.05) is 0 Å². The van der Waals surface area contributed by atoms with Gasteiger partial charge in [0.15, 0.2) is 0 Å². The zero-order valence-electron chi connectivity index (χ0n) is 12.9. The van der Waals surface area contributed by atoms with E-state index in [0.717, 1.165) is 11.1 Å². The molecule has 0 fully saturated rings. The zero-order chi connectivity index (χ0) is 17.2. The number of nitrogens with zero attached hydrogens (tertiary/aromatic N) is 1. The minimum Gasteiger partial charge on any atom is -0.343 e. The van der Waals surface area contributed by atoms with Gasteiger partial charge in [0.2, 0.25) is 0 Å². The third-order valence-corrected chi connectivity index (χ3v) is 5.07. The molecule has 1 N–H and O–H groups in total. The summed E-state index contributed by atoms with van der Waals surface area (Å²) < 4.78 is 32.1. The minimum absolute atomic E-state index is 0.171. The molecule has 0 aliphatic rings. The molecule has 0 aliphatic heterocycles. The third-order valence-electron chi connectivity index (χ3n) is 3.49. The molecule has 0 radical (unpaired) electrons. The topological polar surface area (TPSA) is 72.2 Å². The highest BCUT2D eigenvalue weighted by Gasteiger charge is 2.21. The lowest BCUT2D eigenvalue weighted by Crippen LogP contribution is -2.22. The lowest BCUT2D eigenvalue weighted by molar-refractivity contribution is 0.339. The van der Waals surface area contributed by atoms with E-state index >= 15 is 0 Å². The van der Waals surface area contributed by atoms with Gasteiger partial charge < -0.3 is 4.52 Å². The molecular weight excluding hydrogens is 348 g/mol. The quantitative estimate of drug-likeness (QED) is 0.749. The monoisotopic (exact) mass is 362 g/mol. The van der Waals surface area contributed by atoms with E-state index in [0.29, 0.717) is 16.3 Å². The number of nitrogens with one attached hydrogen (secondary N) is 1. The van der Waals surface area contributed by atoms with Crippen LogP contribution in [0.3, 0.4) is 0 Å². The van der Waals surface area contributed by atoms with Crippen molar-refractivity contribution in [1.29, 1.82) is 0 Å². The second-order valence-electron chi connectivity index (χ2n) is 5.32. The first-order valence-corrected chi connectivity index (χ1v) is 9.09. The summed E-state index contributed by atoms with van der Waals surface area (Å²) in [5.74, 6) is 0. The van der Waals surface area contributed by atoms with Gasteiger partial charge in [-0.1, -0.05) is 64.8 Å². The smallest absolute Gasteiger partial charge is 0.277 e. The van der Waals surface area contributed by atoms with Crippen LogP contribution in [-0.4, -0.2) is 13.6 Å². The van der Waals surface area contributed by atoms with Crippen molar-refractivity contribution in [2.24, 2.45) is 0 Å². The van der Waals surface area contributed by atoms with Crippen LogP contribution in [0.15, 0.2) is 64.2 Å². The van der Waals surface area contributed by atoms with Crippen LogP contribution in [0.4, 0.5) is 0 Å². The van der Waals surface area contributed by atoms with Crippen LogP contribution in [0, 0.1) is 6.92 Å². The Hall–Kier alpha value is -2.15. The van der Waals surface area contributed by atoms with Crippen LogP contribution in [0.5, 0.6) is 0 Å². The highest BCUT2D eigenvalue weighted by molar-refractivity contribution is 7.89. The van der Waals surface area contributed by atoms with E-state index in [1.165, 1.54) is 6.07 Å². The Morgan fingerprint density at radius 3 is 2.54 bits per heavy atom. The average Bonchev–Trinajstić information content (AvgIpc) is 3.05. The van der Waals surface area contributed by atoms with Crippen LogP contribution in [0.1, 0.15) is 11.1 Å². The van der Waals surface area contributed by atoms with Gasteiger partial charge in [0.25, 0.3) is 15.1 Å². The first-order valence-electron chi connectivity index (χ1n) is 7.22. The number of halogens is 1. The van der Waals surface area contributed by atoms with Crippen LogP contribution in [0.2, 0.25) is 5.02 Å². The van der Waals surface area contributed by atoms with Crippen molar-refractivity contribution in [2.45, 2.75) is 18.6 Å². The van der Waals surface area contributed by atoms with Crippen molar-refractivity contribution < 1.29 is 12.9 Å². The molecule has 0 saturated carbocycles. The second kappa shape index (κ2) is 6.76. The molecule has 1 heterocycles. The molecule has 0 bridgehead atoms. The molecule has 7 heteroatoms. The van der Waals surface area contributed by atoms with Gasteiger partial charge in [0.1, 0.15) is 5.69 Å². The second-order valence-corrected chi connectivity index (χ2v) is 7.43. The van der Waals surface area contributed by atoms with Gasteiger partial charge in [-0.3, -0.25) is 0 Å². The average molecular weight is 363 g/mol. The molecule has 24 heavy (non-hydrogen) atoms. The lowest BCUT2D eigenvalue weighted by atomic mass is 10.1. The van der Waals surface area contributed by atoms with Crippen LogP contribution < -0.4 is 4.72 Å². The number of hydrogen-bond donors (Lipinski definition) is 1. The molecule has 0 amide bonds. The maximum Gasteiger partial charge on any atom is 0.277 e. The van der Waals surface area contributed by atoms with E-state index in [-0.39, 0.29) is 11.6 Å². The van der Waals surface area contributed by atoms with Gasteiger partial charge in [-0.05, 0) is 18.6 Å². The van der Waals surface area contributed by atoms with Crippen LogP contribution in [0.25, 0.3) is 11.3 Å². The summed E-state index contributed by atoms with van der Waals surface area (Å²) in [4.78, 5) is 0. The molecule has 0 atom stereocenters. The number of hydrogen-bond acceptors (Lipinski definition) is 4. The summed E-state index contributed by atoms with van der Waals surface area (Å²) in [5, 5.41) is 4.03. The predicted octanol–water partition coefficient (Wildman–Crippen LogP) is 3.78. The number of aryl methyl sites for hydroxylation is 1. The summed E-state index contributed by atoms with van der Waals surface area (Å²) >= 11 is 6.09. The standard InChI is InChI=1S/C17H15ClN2O3S/c1-12-6-8-13(9-7-12)11-19-24(21,22)17-10-16(20-23-17)14-4-2-3-5-15(14)18/h2-10,19H,11H2,1H3. The van der Waals surface area contributed by atoms with Crippen molar-refractivity contribution in [3.63, 3.8) is 0 Å². The number of aromatic nitrogens is 1.